The van der Waals surface area contributed by atoms with Gasteiger partial charge in [-0.2, -0.15) is 0 Å². The molecule has 0 bridgehead atoms. The van der Waals surface area contributed by atoms with E-state index in [9.17, 15) is 35.1 Å². The first-order valence-electron chi connectivity index (χ1n) is 5.74. The molecule has 0 saturated carbocycles. The Labute approximate surface area is 122 Å². The summed E-state index contributed by atoms with van der Waals surface area (Å²) in [6.07, 6.45) is 1.59. The molecular weight excluding hydrogens is 302 g/mol. The maximum Gasteiger partial charge on any atom is 0.330 e. The predicted molar refractivity (Wildman–Crippen MR) is 72.1 cm³/mol. The number of hydrogen-bond donors (Lipinski definition) is 0. The number of hydrogen-bond acceptors (Lipinski definition) is 8. The molecule has 0 amide bonds. The van der Waals surface area contributed by atoms with E-state index in [1.807, 2.05) is 0 Å². The van der Waals surface area contributed by atoms with Crippen molar-refractivity contribution >= 4 is 29.1 Å². The Bertz CT molecular complexity index is 647. The van der Waals surface area contributed by atoms with Crippen LogP contribution in [0, 0.1) is 30.3 Å². The van der Waals surface area contributed by atoms with E-state index in [4.69, 9.17) is 0 Å². The van der Waals surface area contributed by atoms with Crippen molar-refractivity contribution in [1.29, 1.82) is 0 Å². The minimum Gasteiger partial charge on any atom is -0.463 e. The number of ether oxygens (including phenoxy) is 1. The van der Waals surface area contributed by atoms with Crippen LogP contribution in [-0.4, -0.2) is 27.3 Å². The van der Waals surface area contributed by atoms with Crippen LogP contribution in [0.25, 0.3) is 6.08 Å². The van der Waals surface area contributed by atoms with Crippen LogP contribution in [-0.2, 0) is 9.53 Å². The quantitative estimate of drug-likeness (QED) is 0.334. The first-order chi connectivity index (χ1) is 10.3. The average molecular weight is 311 g/mol. The topological polar surface area (TPSA) is 156 Å². The van der Waals surface area contributed by atoms with Gasteiger partial charge in [0.05, 0.1) is 33.5 Å². The number of carbonyl (C=O) groups is 1. The zero-order chi connectivity index (χ0) is 16.9. The van der Waals surface area contributed by atoms with Gasteiger partial charge < -0.3 is 4.74 Å². The highest BCUT2D eigenvalue weighted by Crippen LogP contribution is 2.34. The summed E-state index contributed by atoms with van der Waals surface area (Å²) in [6, 6.07) is 1.16. The molecule has 0 heterocycles. The van der Waals surface area contributed by atoms with Crippen molar-refractivity contribution in [2.24, 2.45) is 0 Å². The number of non-ortho nitro benzene ring substituents is 1. The molecule has 0 aliphatic carbocycles. The summed E-state index contributed by atoms with van der Waals surface area (Å²) < 4.78 is 4.55. The van der Waals surface area contributed by atoms with E-state index < -0.39 is 43.4 Å². The molecule has 116 valence electrons. The Morgan fingerprint density at radius 3 is 1.95 bits per heavy atom. The van der Waals surface area contributed by atoms with Crippen LogP contribution in [0.1, 0.15) is 12.5 Å². The summed E-state index contributed by atoms with van der Waals surface area (Å²) in [5, 5.41) is 32.6. The molecule has 0 N–H and O–H groups in total. The molecule has 0 atom stereocenters. The second kappa shape index (κ2) is 6.88. The average Bonchev–Trinajstić information content (AvgIpc) is 2.44. The van der Waals surface area contributed by atoms with E-state index in [-0.39, 0.29) is 6.61 Å². The van der Waals surface area contributed by atoms with E-state index in [1.165, 1.54) is 6.92 Å². The molecule has 1 aromatic carbocycles. The van der Waals surface area contributed by atoms with Gasteiger partial charge in [-0.05, 0) is 13.0 Å². The Kier molecular flexibility index (Phi) is 5.21. The first-order valence-corrected chi connectivity index (χ1v) is 5.74. The van der Waals surface area contributed by atoms with Crippen molar-refractivity contribution in [3.63, 3.8) is 0 Å². The lowest BCUT2D eigenvalue weighted by molar-refractivity contribution is -0.403. The monoisotopic (exact) mass is 311 g/mol. The third-order valence-electron chi connectivity index (χ3n) is 2.40. The molecule has 11 nitrogen and oxygen atoms in total. The summed E-state index contributed by atoms with van der Waals surface area (Å²) in [6.45, 7) is 1.58. The Morgan fingerprint density at radius 2 is 1.59 bits per heavy atom. The van der Waals surface area contributed by atoms with Gasteiger partial charge in [0.2, 0.25) is 0 Å². The highest BCUT2D eigenvalue weighted by Gasteiger charge is 2.28. The van der Waals surface area contributed by atoms with Crippen LogP contribution >= 0.6 is 0 Å². The summed E-state index contributed by atoms with van der Waals surface area (Å²) in [5.74, 6) is -0.857. The summed E-state index contributed by atoms with van der Waals surface area (Å²) in [5.41, 5.74) is -3.05. The normalized spacial score (nSPS) is 10.4. The molecule has 0 unspecified atom stereocenters. The fourth-order valence-electron chi connectivity index (χ4n) is 1.53. The molecule has 22 heavy (non-hydrogen) atoms. The minimum absolute atomic E-state index is 0.0492. The molecule has 0 fully saturated rings. The van der Waals surface area contributed by atoms with Crippen molar-refractivity contribution in [3.8, 4) is 0 Å². The predicted octanol–water partition coefficient (Wildman–Crippen LogP) is 1.99. The number of esters is 1. The van der Waals surface area contributed by atoms with Crippen molar-refractivity contribution in [2.45, 2.75) is 6.92 Å². The van der Waals surface area contributed by atoms with Gasteiger partial charge in [-0.15, -0.1) is 0 Å². The third kappa shape index (κ3) is 3.82. The smallest absolute Gasteiger partial charge is 0.330 e. The molecular formula is C11H9N3O8. The van der Waals surface area contributed by atoms with Crippen LogP contribution in [0.15, 0.2) is 18.2 Å². The van der Waals surface area contributed by atoms with Gasteiger partial charge in [0.1, 0.15) is 5.56 Å². The van der Waals surface area contributed by atoms with E-state index in [1.54, 1.807) is 0 Å². The number of nitro groups is 3. The molecule has 1 aromatic rings. The lowest BCUT2D eigenvalue weighted by atomic mass is 10.1. The van der Waals surface area contributed by atoms with Gasteiger partial charge in [-0.25, -0.2) is 4.79 Å². The molecule has 11 heteroatoms. The fourth-order valence-corrected chi connectivity index (χ4v) is 1.53. The standard InChI is InChI=1S/C11H9N3O8/c1-2-22-11(15)4-3-8-9(13(18)19)5-7(12(16)17)6-10(8)14(20)21/h3-6H,2H2,1H3/b4-3+. The summed E-state index contributed by atoms with van der Waals surface area (Å²) in [4.78, 5) is 40.8. The molecule has 0 spiro atoms. The molecule has 0 aromatic heterocycles. The zero-order valence-electron chi connectivity index (χ0n) is 11.1. The van der Waals surface area contributed by atoms with Crippen molar-refractivity contribution in [3.05, 3.63) is 54.1 Å². The number of carbonyl (C=O) groups excluding carboxylic acids is 1. The molecule has 0 saturated heterocycles. The second-order valence-electron chi connectivity index (χ2n) is 3.75. The Morgan fingerprint density at radius 1 is 1.09 bits per heavy atom. The SMILES string of the molecule is CCOC(=O)/C=C/c1c([N+](=O)[O-])cc([N+](=O)[O-])cc1[N+](=O)[O-]. The molecule has 1 rings (SSSR count). The summed E-state index contributed by atoms with van der Waals surface area (Å²) in [7, 11) is 0. The van der Waals surface area contributed by atoms with Crippen molar-refractivity contribution in [1.82, 2.24) is 0 Å². The van der Waals surface area contributed by atoms with Crippen LogP contribution in [0.3, 0.4) is 0 Å². The van der Waals surface area contributed by atoms with E-state index in [0.717, 1.165) is 12.2 Å². The second-order valence-corrected chi connectivity index (χ2v) is 3.75. The highest BCUT2D eigenvalue weighted by atomic mass is 16.6. The summed E-state index contributed by atoms with van der Waals surface area (Å²) >= 11 is 0. The highest BCUT2D eigenvalue weighted by molar-refractivity contribution is 5.89. The fraction of sp³-hybridized carbons (Fsp3) is 0.182. The number of benzene rings is 1. The number of nitrogens with zero attached hydrogens (tertiary/aromatic N) is 3. The van der Waals surface area contributed by atoms with E-state index in [0.29, 0.717) is 12.1 Å². The van der Waals surface area contributed by atoms with E-state index >= 15 is 0 Å². The third-order valence-corrected chi connectivity index (χ3v) is 2.40. The maximum absolute atomic E-state index is 11.2. The van der Waals surface area contributed by atoms with Crippen LogP contribution in [0.5, 0.6) is 0 Å². The molecule has 0 aliphatic rings. The largest absolute Gasteiger partial charge is 0.463 e. The van der Waals surface area contributed by atoms with Gasteiger partial charge in [0.15, 0.2) is 0 Å². The van der Waals surface area contributed by atoms with Crippen molar-refractivity contribution < 1.29 is 24.3 Å². The maximum atomic E-state index is 11.2. The van der Waals surface area contributed by atoms with Crippen LogP contribution in [0.2, 0.25) is 0 Å². The van der Waals surface area contributed by atoms with Crippen LogP contribution < -0.4 is 0 Å². The van der Waals surface area contributed by atoms with Crippen molar-refractivity contribution in [2.75, 3.05) is 6.61 Å². The van der Waals surface area contributed by atoms with E-state index in [2.05, 4.69) is 4.74 Å². The molecule has 0 aliphatic heterocycles. The van der Waals surface area contributed by atoms with Gasteiger partial charge in [0.25, 0.3) is 17.1 Å². The Hall–Kier alpha value is -3.37. The minimum atomic E-state index is -1.01. The first kappa shape index (κ1) is 16.7. The van der Waals surface area contributed by atoms with Gasteiger partial charge in [0, 0.05) is 6.08 Å². The number of rotatable bonds is 6. The lowest BCUT2D eigenvalue weighted by Crippen LogP contribution is -2.02. The van der Waals surface area contributed by atoms with Gasteiger partial charge >= 0.3 is 5.97 Å². The van der Waals surface area contributed by atoms with Gasteiger partial charge in [-0.3, -0.25) is 30.3 Å². The van der Waals surface area contributed by atoms with Gasteiger partial charge in [-0.1, -0.05) is 0 Å². The molecule has 0 radical (unpaired) electrons. The Balaban J connectivity index is 3.52. The van der Waals surface area contributed by atoms with Crippen LogP contribution in [0.4, 0.5) is 17.1 Å². The lowest BCUT2D eigenvalue weighted by Gasteiger charge is -2.01. The number of nitro benzene ring substituents is 3. The zero-order valence-corrected chi connectivity index (χ0v) is 11.1.